The molecule has 0 saturated heterocycles. The highest BCUT2D eigenvalue weighted by atomic mass is 16.4. The normalized spacial score (nSPS) is 15.0. The summed E-state index contributed by atoms with van der Waals surface area (Å²) in [6.07, 6.45) is 1.42. The van der Waals surface area contributed by atoms with Crippen molar-refractivity contribution in [3.63, 3.8) is 0 Å². The highest BCUT2D eigenvalue weighted by Gasteiger charge is 2.13. The highest BCUT2D eigenvalue weighted by Crippen LogP contribution is 2.02. The summed E-state index contributed by atoms with van der Waals surface area (Å²) in [6, 6.07) is -1.33. The second-order valence-electron chi connectivity index (χ2n) is 3.09. The number of carboxylic acids is 1. The molecule has 0 aromatic heterocycles. The van der Waals surface area contributed by atoms with E-state index in [0.29, 0.717) is 19.3 Å². The van der Waals surface area contributed by atoms with Crippen LogP contribution in [0, 0.1) is 0 Å². The van der Waals surface area contributed by atoms with Crippen LogP contribution in [0.15, 0.2) is 0 Å². The Bertz CT molecular complexity index is 174. The second-order valence-corrected chi connectivity index (χ2v) is 3.09. The lowest BCUT2D eigenvalue weighted by molar-refractivity contribution is -0.138. The number of Topliss-reactive ketones (excluding diaryl/α,β-unsaturated/α-hetero) is 1. The Kier molecular flexibility index (Phi) is 5.25. The van der Waals surface area contributed by atoms with Gasteiger partial charge in [-0.25, -0.2) is 0 Å². The van der Waals surface area contributed by atoms with Crippen molar-refractivity contribution in [2.24, 2.45) is 11.5 Å². The molecule has 13 heavy (non-hydrogen) atoms. The van der Waals surface area contributed by atoms with Crippen LogP contribution in [0.1, 0.15) is 26.2 Å². The van der Waals surface area contributed by atoms with Crippen molar-refractivity contribution < 1.29 is 14.7 Å². The summed E-state index contributed by atoms with van der Waals surface area (Å²) in [4.78, 5) is 21.0. The summed E-state index contributed by atoms with van der Waals surface area (Å²) in [7, 11) is 0. The van der Waals surface area contributed by atoms with Gasteiger partial charge in [-0.3, -0.25) is 9.59 Å². The minimum Gasteiger partial charge on any atom is -0.480 e. The van der Waals surface area contributed by atoms with Crippen LogP contribution in [0.25, 0.3) is 0 Å². The van der Waals surface area contributed by atoms with Crippen LogP contribution in [0.2, 0.25) is 0 Å². The van der Waals surface area contributed by atoms with Gasteiger partial charge in [0, 0.05) is 0 Å². The molecule has 0 aromatic rings. The van der Waals surface area contributed by atoms with E-state index in [1.54, 1.807) is 0 Å². The molecule has 5 N–H and O–H groups in total. The fourth-order valence-corrected chi connectivity index (χ4v) is 0.884. The fraction of sp³-hybridized carbons (Fsp3) is 0.750. The van der Waals surface area contributed by atoms with Crippen LogP contribution in [-0.2, 0) is 9.59 Å². The number of hydrogen-bond donors (Lipinski definition) is 3. The molecule has 0 aliphatic heterocycles. The van der Waals surface area contributed by atoms with Gasteiger partial charge in [0.05, 0.1) is 6.04 Å². The van der Waals surface area contributed by atoms with Crippen molar-refractivity contribution in [1.82, 2.24) is 0 Å². The molecule has 0 aliphatic rings. The van der Waals surface area contributed by atoms with Gasteiger partial charge in [0.1, 0.15) is 11.8 Å². The molecule has 0 bridgehead atoms. The molecule has 2 atom stereocenters. The molecule has 0 fully saturated rings. The lowest BCUT2D eigenvalue weighted by Crippen LogP contribution is -2.32. The predicted octanol–water partition coefficient (Wildman–Crippen LogP) is -0.515. The van der Waals surface area contributed by atoms with Gasteiger partial charge >= 0.3 is 5.97 Å². The third-order valence-electron chi connectivity index (χ3n) is 1.87. The summed E-state index contributed by atoms with van der Waals surface area (Å²) < 4.78 is 0. The van der Waals surface area contributed by atoms with E-state index in [1.165, 1.54) is 6.92 Å². The van der Waals surface area contributed by atoms with Gasteiger partial charge in [-0.05, 0) is 26.2 Å². The van der Waals surface area contributed by atoms with E-state index in [2.05, 4.69) is 0 Å². The maximum atomic E-state index is 10.7. The lowest BCUT2D eigenvalue weighted by atomic mass is 10.0. The number of aliphatic carboxylic acids is 1. The Morgan fingerprint density at radius 3 is 2.08 bits per heavy atom. The van der Waals surface area contributed by atoms with Crippen LogP contribution in [0.3, 0.4) is 0 Å². The average Bonchev–Trinajstić information content (AvgIpc) is 2.03. The third-order valence-corrected chi connectivity index (χ3v) is 1.87. The molecule has 0 spiro atoms. The zero-order chi connectivity index (χ0) is 10.4. The number of hydrogen-bond acceptors (Lipinski definition) is 4. The average molecular weight is 188 g/mol. The number of carboxylic acid groups (broad SMARTS) is 1. The maximum absolute atomic E-state index is 10.7. The Balaban J connectivity index is 3.56. The van der Waals surface area contributed by atoms with Crippen molar-refractivity contribution in [2.45, 2.75) is 38.3 Å². The molecule has 0 amide bonds. The van der Waals surface area contributed by atoms with Gasteiger partial charge in [-0.1, -0.05) is 0 Å². The van der Waals surface area contributed by atoms with E-state index in [1.807, 2.05) is 0 Å². The summed E-state index contributed by atoms with van der Waals surface area (Å²) in [6.45, 7) is 1.42. The molecule has 0 aromatic carbocycles. The molecule has 76 valence electrons. The van der Waals surface area contributed by atoms with Gasteiger partial charge < -0.3 is 16.6 Å². The van der Waals surface area contributed by atoms with Crippen LogP contribution < -0.4 is 11.5 Å². The Morgan fingerprint density at radius 2 is 1.69 bits per heavy atom. The lowest BCUT2D eigenvalue weighted by Gasteiger charge is -2.08. The first-order valence-electron chi connectivity index (χ1n) is 4.19. The molecule has 0 radical (unpaired) electrons. The largest absolute Gasteiger partial charge is 0.480 e. The van der Waals surface area contributed by atoms with E-state index >= 15 is 0 Å². The number of carbonyl (C=O) groups is 2. The molecule has 0 saturated carbocycles. The standard InChI is InChI=1S/C8H16N2O3/c1-5(11)6(9)3-2-4-7(10)8(12)13/h6-7H,2-4,9-10H2,1H3,(H,12,13)/t6?,7-/m1/s1. The van der Waals surface area contributed by atoms with Gasteiger partial charge in [-0.2, -0.15) is 0 Å². The van der Waals surface area contributed by atoms with Crippen LogP contribution in [0.5, 0.6) is 0 Å². The van der Waals surface area contributed by atoms with Gasteiger partial charge in [0.25, 0.3) is 0 Å². The van der Waals surface area contributed by atoms with Crippen LogP contribution >= 0.6 is 0 Å². The number of carbonyl (C=O) groups excluding carboxylic acids is 1. The monoisotopic (exact) mass is 188 g/mol. The van der Waals surface area contributed by atoms with Crippen molar-refractivity contribution in [3.05, 3.63) is 0 Å². The smallest absolute Gasteiger partial charge is 0.320 e. The minimum atomic E-state index is -1.02. The molecule has 0 rings (SSSR count). The molecular weight excluding hydrogens is 172 g/mol. The minimum absolute atomic E-state index is 0.0797. The molecule has 5 nitrogen and oxygen atoms in total. The second kappa shape index (κ2) is 5.66. The number of ketones is 1. The first-order chi connectivity index (χ1) is 5.95. The first-order valence-corrected chi connectivity index (χ1v) is 4.19. The summed E-state index contributed by atoms with van der Waals surface area (Å²) in [5, 5.41) is 8.43. The zero-order valence-electron chi connectivity index (χ0n) is 7.69. The highest BCUT2D eigenvalue weighted by molar-refractivity contribution is 5.81. The quantitative estimate of drug-likeness (QED) is 0.520. The maximum Gasteiger partial charge on any atom is 0.320 e. The number of nitrogens with two attached hydrogens (primary N) is 2. The van der Waals surface area contributed by atoms with E-state index < -0.39 is 18.1 Å². The topological polar surface area (TPSA) is 106 Å². The van der Waals surface area contributed by atoms with Gasteiger partial charge in [0.2, 0.25) is 0 Å². The number of rotatable bonds is 6. The summed E-state index contributed by atoms with van der Waals surface area (Å²) in [5.74, 6) is -1.10. The molecule has 0 heterocycles. The molecule has 1 unspecified atom stereocenters. The molecule has 5 heteroatoms. The first kappa shape index (κ1) is 12.1. The van der Waals surface area contributed by atoms with E-state index in [9.17, 15) is 9.59 Å². The molecule has 0 aliphatic carbocycles. The summed E-state index contributed by atoms with van der Waals surface area (Å²) in [5.41, 5.74) is 10.7. The van der Waals surface area contributed by atoms with Gasteiger partial charge in [0.15, 0.2) is 0 Å². The van der Waals surface area contributed by atoms with Crippen molar-refractivity contribution in [1.29, 1.82) is 0 Å². The van der Waals surface area contributed by atoms with Crippen LogP contribution in [0.4, 0.5) is 0 Å². The zero-order valence-corrected chi connectivity index (χ0v) is 7.69. The third kappa shape index (κ3) is 5.32. The Hall–Kier alpha value is -0.940. The van der Waals surface area contributed by atoms with Crippen LogP contribution in [-0.4, -0.2) is 28.9 Å². The SMILES string of the molecule is CC(=O)C(N)CCC[C@@H](N)C(=O)O. The summed E-state index contributed by atoms with van der Waals surface area (Å²) >= 11 is 0. The Labute approximate surface area is 77.1 Å². The predicted molar refractivity (Wildman–Crippen MR) is 48.1 cm³/mol. The van der Waals surface area contributed by atoms with Crippen molar-refractivity contribution in [2.75, 3.05) is 0 Å². The van der Waals surface area contributed by atoms with Crippen molar-refractivity contribution in [3.8, 4) is 0 Å². The van der Waals surface area contributed by atoms with E-state index in [-0.39, 0.29) is 5.78 Å². The fourth-order valence-electron chi connectivity index (χ4n) is 0.884. The van der Waals surface area contributed by atoms with Gasteiger partial charge in [-0.15, -0.1) is 0 Å². The van der Waals surface area contributed by atoms with Crippen molar-refractivity contribution >= 4 is 11.8 Å². The van der Waals surface area contributed by atoms with E-state index in [4.69, 9.17) is 16.6 Å². The Morgan fingerprint density at radius 1 is 1.23 bits per heavy atom. The van der Waals surface area contributed by atoms with E-state index in [0.717, 1.165) is 0 Å². The molecular formula is C8H16N2O3.